The molecule has 1 N–H and O–H groups in total. The molecule has 0 rings (SSSR count). The molecule has 0 spiro atoms. The van der Waals surface area contributed by atoms with Crippen molar-refractivity contribution in [3.63, 3.8) is 0 Å². The van der Waals surface area contributed by atoms with Crippen molar-refractivity contribution in [1.82, 2.24) is 4.90 Å². The maximum atomic E-state index is 8.63. The minimum absolute atomic E-state index is 0.258. The fourth-order valence-corrected chi connectivity index (χ4v) is 0.870. The second kappa shape index (κ2) is 4.69. The minimum Gasteiger partial charge on any atom is -0.395 e. The number of aliphatic hydroxyl groups excluding tert-OH is 1. The van der Waals surface area contributed by atoms with E-state index in [4.69, 9.17) is 5.11 Å². The molecular weight excluding hydrogens is 126 g/mol. The van der Waals surface area contributed by atoms with Gasteiger partial charge in [0.15, 0.2) is 0 Å². The topological polar surface area (TPSA) is 23.5 Å². The third kappa shape index (κ3) is 3.18. The van der Waals surface area contributed by atoms with E-state index in [-0.39, 0.29) is 6.61 Å². The van der Waals surface area contributed by atoms with Crippen molar-refractivity contribution in [2.24, 2.45) is 5.92 Å². The molecule has 0 aliphatic heterocycles. The van der Waals surface area contributed by atoms with Crippen LogP contribution < -0.4 is 0 Å². The molecule has 0 aliphatic carbocycles. The van der Waals surface area contributed by atoms with E-state index in [0.29, 0.717) is 12.0 Å². The highest BCUT2D eigenvalue weighted by atomic mass is 16.3. The van der Waals surface area contributed by atoms with Crippen molar-refractivity contribution >= 4 is 0 Å². The highest BCUT2D eigenvalue weighted by Crippen LogP contribution is 2.06. The predicted molar refractivity (Wildman–Crippen MR) is 44.0 cm³/mol. The van der Waals surface area contributed by atoms with Gasteiger partial charge in [-0.25, -0.2) is 0 Å². The largest absolute Gasteiger partial charge is 0.395 e. The Labute approximate surface area is 63.8 Å². The lowest BCUT2D eigenvalue weighted by atomic mass is 10.1. The summed E-state index contributed by atoms with van der Waals surface area (Å²) in [6.07, 6.45) is 0. The summed E-state index contributed by atoms with van der Waals surface area (Å²) in [6, 6.07) is 0.562. The van der Waals surface area contributed by atoms with E-state index in [2.05, 4.69) is 25.7 Å². The monoisotopic (exact) mass is 145 g/mol. The van der Waals surface area contributed by atoms with Crippen molar-refractivity contribution in [3.8, 4) is 0 Å². The molecule has 0 bridgehead atoms. The van der Waals surface area contributed by atoms with E-state index in [9.17, 15) is 0 Å². The summed E-state index contributed by atoms with van der Waals surface area (Å²) in [5.41, 5.74) is 0. The molecular formula is C8H19NO. The lowest BCUT2D eigenvalue weighted by Gasteiger charge is -2.26. The molecule has 0 saturated carbocycles. The number of nitrogens with zero attached hydrogens (tertiary/aromatic N) is 1. The van der Waals surface area contributed by atoms with Crippen LogP contribution in [0.3, 0.4) is 0 Å². The van der Waals surface area contributed by atoms with Gasteiger partial charge >= 0.3 is 0 Å². The smallest absolute Gasteiger partial charge is 0.0558 e. The quantitative estimate of drug-likeness (QED) is 0.637. The van der Waals surface area contributed by atoms with Crippen LogP contribution in [0.4, 0.5) is 0 Å². The molecule has 0 fully saturated rings. The van der Waals surface area contributed by atoms with E-state index in [1.807, 2.05) is 7.05 Å². The average Bonchev–Trinajstić information content (AvgIpc) is 1.87. The number of rotatable bonds is 4. The molecule has 0 aliphatic rings. The van der Waals surface area contributed by atoms with Crippen LogP contribution in [-0.2, 0) is 0 Å². The predicted octanol–water partition coefficient (Wildman–Crippen LogP) is 0.955. The highest BCUT2D eigenvalue weighted by Gasteiger charge is 2.11. The maximum absolute atomic E-state index is 8.63. The normalized spacial score (nSPS) is 14.7. The standard InChI is InChI=1S/C8H19NO/c1-7(2)8(3)9(4)5-6-10/h7-8,10H,5-6H2,1-4H3. The molecule has 0 radical (unpaired) electrons. The number of hydrogen-bond acceptors (Lipinski definition) is 2. The fraction of sp³-hybridized carbons (Fsp3) is 1.00. The molecule has 0 aromatic heterocycles. The van der Waals surface area contributed by atoms with Gasteiger partial charge in [-0.1, -0.05) is 13.8 Å². The van der Waals surface area contributed by atoms with Gasteiger partial charge in [-0.2, -0.15) is 0 Å². The Morgan fingerprint density at radius 2 is 1.80 bits per heavy atom. The van der Waals surface area contributed by atoms with Crippen LogP contribution >= 0.6 is 0 Å². The summed E-state index contributed by atoms with van der Waals surface area (Å²) in [5, 5.41) is 8.63. The molecule has 0 aromatic rings. The Kier molecular flexibility index (Phi) is 4.65. The average molecular weight is 145 g/mol. The zero-order valence-corrected chi connectivity index (χ0v) is 7.46. The van der Waals surface area contributed by atoms with E-state index >= 15 is 0 Å². The van der Waals surface area contributed by atoms with Crippen molar-refractivity contribution < 1.29 is 5.11 Å². The van der Waals surface area contributed by atoms with Crippen LogP contribution in [0.1, 0.15) is 20.8 Å². The number of hydrogen-bond donors (Lipinski definition) is 1. The molecule has 2 heteroatoms. The van der Waals surface area contributed by atoms with Crippen LogP contribution in [-0.4, -0.2) is 36.2 Å². The molecule has 1 unspecified atom stereocenters. The van der Waals surface area contributed by atoms with Gasteiger partial charge in [0.05, 0.1) is 6.61 Å². The van der Waals surface area contributed by atoms with Gasteiger partial charge in [-0.05, 0) is 19.9 Å². The van der Waals surface area contributed by atoms with E-state index < -0.39 is 0 Å². The van der Waals surface area contributed by atoms with Gasteiger partial charge in [-0.15, -0.1) is 0 Å². The Hall–Kier alpha value is -0.0800. The summed E-state index contributed by atoms with van der Waals surface area (Å²) >= 11 is 0. The van der Waals surface area contributed by atoms with Gasteiger partial charge in [0.25, 0.3) is 0 Å². The minimum atomic E-state index is 0.258. The summed E-state index contributed by atoms with van der Waals surface area (Å²) in [5.74, 6) is 0.663. The first-order valence-electron chi connectivity index (χ1n) is 3.90. The maximum Gasteiger partial charge on any atom is 0.0558 e. The zero-order chi connectivity index (χ0) is 8.15. The Bertz CT molecular complexity index is 83.3. The van der Waals surface area contributed by atoms with Gasteiger partial charge in [0.1, 0.15) is 0 Å². The second-order valence-corrected chi connectivity index (χ2v) is 3.19. The lowest BCUT2D eigenvalue weighted by molar-refractivity contribution is 0.161. The van der Waals surface area contributed by atoms with Gasteiger partial charge < -0.3 is 10.0 Å². The molecule has 0 saturated heterocycles. The fourth-order valence-electron chi connectivity index (χ4n) is 0.870. The van der Waals surface area contributed by atoms with Crippen LogP contribution in [0, 0.1) is 5.92 Å². The number of likely N-dealkylation sites (N-methyl/N-ethyl adjacent to an activating group) is 1. The van der Waals surface area contributed by atoms with Gasteiger partial charge in [0, 0.05) is 12.6 Å². The molecule has 62 valence electrons. The molecule has 0 heterocycles. The Morgan fingerprint density at radius 1 is 1.30 bits per heavy atom. The van der Waals surface area contributed by atoms with Crippen LogP contribution in [0.15, 0.2) is 0 Å². The van der Waals surface area contributed by atoms with Gasteiger partial charge in [0.2, 0.25) is 0 Å². The van der Waals surface area contributed by atoms with E-state index in [1.165, 1.54) is 0 Å². The molecule has 1 atom stereocenters. The molecule has 2 nitrogen and oxygen atoms in total. The summed E-state index contributed by atoms with van der Waals surface area (Å²) in [4.78, 5) is 2.17. The molecule has 10 heavy (non-hydrogen) atoms. The molecule has 0 amide bonds. The lowest BCUT2D eigenvalue weighted by Crippen LogP contribution is -2.35. The first kappa shape index (κ1) is 9.92. The third-order valence-corrected chi connectivity index (χ3v) is 2.11. The van der Waals surface area contributed by atoms with Gasteiger partial charge in [-0.3, -0.25) is 0 Å². The van der Waals surface area contributed by atoms with Crippen molar-refractivity contribution in [3.05, 3.63) is 0 Å². The third-order valence-electron chi connectivity index (χ3n) is 2.11. The number of aliphatic hydroxyl groups is 1. The second-order valence-electron chi connectivity index (χ2n) is 3.19. The SMILES string of the molecule is CC(C)C(C)N(C)CCO. The van der Waals surface area contributed by atoms with Crippen molar-refractivity contribution in [1.29, 1.82) is 0 Å². The first-order valence-corrected chi connectivity index (χ1v) is 3.90. The first-order chi connectivity index (χ1) is 4.59. The van der Waals surface area contributed by atoms with Crippen LogP contribution in [0.2, 0.25) is 0 Å². The van der Waals surface area contributed by atoms with Crippen LogP contribution in [0.25, 0.3) is 0 Å². The van der Waals surface area contributed by atoms with E-state index in [0.717, 1.165) is 6.54 Å². The Balaban J connectivity index is 3.58. The van der Waals surface area contributed by atoms with Crippen LogP contribution in [0.5, 0.6) is 0 Å². The summed E-state index contributed by atoms with van der Waals surface area (Å²) in [6.45, 7) is 7.60. The van der Waals surface area contributed by atoms with Crippen molar-refractivity contribution in [2.75, 3.05) is 20.2 Å². The summed E-state index contributed by atoms with van der Waals surface area (Å²) in [7, 11) is 2.04. The van der Waals surface area contributed by atoms with Crippen molar-refractivity contribution in [2.45, 2.75) is 26.8 Å². The summed E-state index contributed by atoms with van der Waals surface area (Å²) < 4.78 is 0. The molecule has 0 aromatic carbocycles. The van der Waals surface area contributed by atoms with E-state index in [1.54, 1.807) is 0 Å². The highest BCUT2D eigenvalue weighted by molar-refractivity contribution is 4.65. The Morgan fingerprint density at radius 3 is 2.10 bits per heavy atom. The zero-order valence-electron chi connectivity index (χ0n) is 7.46.